The number of anilines is 2. The van der Waals surface area contributed by atoms with E-state index < -0.39 is 44.2 Å². The summed E-state index contributed by atoms with van der Waals surface area (Å²) in [7, 11) is -0.0904. The minimum Gasteiger partial charge on any atom is -0.351 e. The molecule has 0 atom stereocenters. The van der Waals surface area contributed by atoms with Crippen LogP contribution in [0.25, 0.3) is 22.4 Å². The Bertz CT molecular complexity index is 1680. The van der Waals surface area contributed by atoms with Gasteiger partial charge in [0.1, 0.15) is 17.0 Å². The Balaban J connectivity index is 1.40. The highest BCUT2D eigenvalue weighted by atomic mass is 32.2. The fourth-order valence-corrected chi connectivity index (χ4v) is 7.67. The zero-order chi connectivity index (χ0) is 31.3. The maximum absolute atomic E-state index is 15.1. The van der Waals surface area contributed by atoms with Crippen molar-refractivity contribution < 1.29 is 21.6 Å². The summed E-state index contributed by atoms with van der Waals surface area (Å²) in [6, 6.07) is 3.98. The third-order valence-corrected chi connectivity index (χ3v) is 10.1. The summed E-state index contributed by atoms with van der Waals surface area (Å²) in [4.78, 5) is 29.4. The molecule has 2 fully saturated rings. The lowest BCUT2D eigenvalue weighted by Crippen LogP contribution is -2.36. The molecule has 0 radical (unpaired) electrons. The molecule has 5 rings (SSSR count). The summed E-state index contributed by atoms with van der Waals surface area (Å²) in [5, 5.41) is 3.39. The van der Waals surface area contributed by atoms with Crippen molar-refractivity contribution >= 4 is 32.8 Å². The van der Waals surface area contributed by atoms with Crippen molar-refractivity contribution in [2.24, 2.45) is 5.41 Å². The predicted molar refractivity (Wildman–Crippen MR) is 160 cm³/mol. The number of fused-ring (bicyclic) bond motifs is 1. The van der Waals surface area contributed by atoms with Crippen LogP contribution in [0.3, 0.4) is 0 Å². The highest BCUT2D eigenvalue weighted by Gasteiger charge is 2.61. The number of hydrogen-bond donors (Lipinski definition) is 2. The van der Waals surface area contributed by atoms with Gasteiger partial charge in [0, 0.05) is 29.1 Å². The Morgan fingerprint density at radius 2 is 1.81 bits per heavy atom. The van der Waals surface area contributed by atoms with Gasteiger partial charge >= 0.3 is 0 Å². The van der Waals surface area contributed by atoms with Gasteiger partial charge in [0.2, 0.25) is 16.0 Å². The van der Waals surface area contributed by atoms with Crippen LogP contribution in [0.15, 0.2) is 29.2 Å². The second kappa shape index (κ2) is 11.3. The van der Waals surface area contributed by atoms with Crippen LogP contribution < -0.4 is 15.6 Å². The van der Waals surface area contributed by atoms with Crippen LogP contribution in [0.4, 0.5) is 24.8 Å². The number of benzene rings is 1. The van der Waals surface area contributed by atoms with E-state index in [1.165, 1.54) is 16.8 Å². The van der Waals surface area contributed by atoms with Gasteiger partial charge in [-0.3, -0.25) is 14.1 Å². The third kappa shape index (κ3) is 6.49. The third-order valence-electron chi connectivity index (χ3n) is 8.67. The van der Waals surface area contributed by atoms with E-state index in [1.807, 2.05) is 13.8 Å². The molecule has 10 nitrogen and oxygen atoms in total. The smallest absolute Gasteiger partial charge is 0.278 e. The molecule has 0 saturated heterocycles. The van der Waals surface area contributed by atoms with E-state index >= 15 is 4.39 Å². The molecular weight excluding hydrogens is 583 g/mol. The molecule has 0 unspecified atom stereocenters. The minimum atomic E-state index is -4.27. The molecule has 0 amide bonds. The molecule has 14 heteroatoms. The van der Waals surface area contributed by atoms with Crippen LogP contribution in [0, 0.1) is 11.2 Å². The molecule has 43 heavy (non-hydrogen) atoms. The highest BCUT2D eigenvalue weighted by Crippen LogP contribution is 2.57. The number of halogens is 3. The molecule has 2 aliphatic rings. The van der Waals surface area contributed by atoms with Crippen molar-refractivity contribution in [2.75, 3.05) is 29.9 Å². The molecule has 2 saturated carbocycles. The van der Waals surface area contributed by atoms with Crippen molar-refractivity contribution in [1.82, 2.24) is 24.4 Å². The maximum atomic E-state index is 15.1. The van der Waals surface area contributed by atoms with Crippen LogP contribution in [-0.2, 0) is 10.0 Å². The molecule has 234 valence electrons. The first-order valence-corrected chi connectivity index (χ1v) is 16.1. The van der Waals surface area contributed by atoms with Crippen LogP contribution in [-0.4, -0.2) is 70.7 Å². The van der Waals surface area contributed by atoms with E-state index in [0.29, 0.717) is 30.1 Å². The molecule has 2 N–H and O–H groups in total. The van der Waals surface area contributed by atoms with Crippen LogP contribution in [0.5, 0.6) is 0 Å². The van der Waals surface area contributed by atoms with E-state index in [0.717, 1.165) is 37.8 Å². The van der Waals surface area contributed by atoms with E-state index in [2.05, 4.69) is 44.0 Å². The lowest BCUT2D eigenvalue weighted by Gasteiger charge is -2.32. The largest absolute Gasteiger partial charge is 0.351 e. The Hall–Kier alpha value is -3.26. The lowest BCUT2D eigenvalue weighted by molar-refractivity contribution is -0.0446. The molecule has 2 aromatic heterocycles. The minimum absolute atomic E-state index is 0.0524. The number of sulfonamides is 1. The summed E-state index contributed by atoms with van der Waals surface area (Å²) >= 11 is 0. The van der Waals surface area contributed by atoms with Gasteiger partial charge in [-0.1, -0.05) is 6.07 Å². The molecule has 0 spiro atoms. The van der Waals surface area contributed by atoms with Gasteiger partial charge in [-0.05, 0) is 85.5 Å². The number of hydrogen-bond acceptors (Lipinski definition) is 8. The number of aromatic nitrogens is 4. The van der Waals surface area contributed by atoms with Crippen molar-refractivity contribution in [3.8, 4) is 11.3 Å². The van der Waals surface area contributed by atoms with Crippen LogP contribution in [0.2, 0.25) is 0 Å². The zero-order valence-corrected chi connectivity index (χ0v) is 25.8. The maximum Gasteiger partial charge on any atom is 0.278 e. The van der Waals surface area contributed by atoms with Gasteiger partial charge in [-0.2, -0.15) is 4.98 Å². The van der Waals surface area contributed by atoms with E-state index in [1.54, 1.807) is 0 Å². The molecule has 2 heterocycles. The van der Waals surface area contributed by atoms with Crippen LogP contribution >= 0.6 is 0 Å². The summed E-state index contributed by atoms with van der Waals surface area (Å²) < 4.78 is 71.8. The van der Waals surface area contributed by atoms with Gasteiger partial charge in [0.05, 0.1) is 17.6 Å². The summed E-state index contributed by atoms with van der Waals surface area (Å²) in [6.45, 7) is 4.35. The Morgan fingerprint density at radius 1 is 1.14 bits per heavy atom. The summed E-state index contributed by atoms with van der Waals surface area (Å²) in [6.07, 6.45) is 5.75. The molecule has 3 aromatic rings. The topological polar surface area (TPSA) is 122 Å². The quantitative estimate of drug-likeness (QED) is 0.323. The average molecular weight is 622 g/mol. The Labute approximate surface area is 249 Å². The van der Waals surface area contributed by atoms with E-state index in [9.17, 15) is 22.0 Å². The SMILES string of the molecule is CC(C)n1c(=O)c(-c2ccc(NS(=O)(=O)CC3(C(C)(F)F)CC3)c(F)c2)nc2cnc(NC3CCC(N(C)C)CC3)nc21. The standard InChI is InChI=1S/C29H38F3N7O3S/c1-17(2)39-25-23(15-33-27(36-25)34-19-7-9-20(10-8-19)38(4)5)35-24(26(39)40)18-6-11-22(21(30)14-18)37-43(41,42)16-29(12-13-29)28(3,31)32/h6,11,14-15,17,19-20,37H,7-10,12-13,16H2,1-5H3,(H,33,34,36). The zero-order valence-electron chi connectivity index (χ0n) is 25.0. The van der Waals surface area contributed by atoms with Crippen molar-refractivity contribution in [3.63, 3.8) is 0 Å². The van der Waals surface area contributed by atoms with Gasteiger partial charge in [-0.25, -0.2) is 31.6 Å². The average Bonchev–Trinajstić information content (AvgIpc) is 3.70. The molecule has 1 aromatic carbocycles. The second-order valence-electron chi connectivity index (χ2n) is 12.5. The second-order valence-corrected chi connectivity index (χ2v) is 14.2. The summed E-state index contributed by atoms with van der Waals surface area (Å²) in [5.74, 6) is -4.55. The number of nitrogens with one attached hydrogen (secondary N) is 2. The Kier molecular flexibility index (Phi) is 8.22. The first-order chi connectivity index (χ1) is 20.1. The Morgan fingerprint density at radius 3 is 2.37 bits per heavy atom. The van der Waals surface area contributed by atoms with Crippen molar-refractivity contribution in [2.45, 2.75) is 83.3 Å². The van der Waals surface area contributed by atoms with Crippen molar-refractivity contribution in [1.29, 1.82) is 0 Å². The van der Waals surface area contributed by atoms with Crippen LogP contribution in [0.1, 0.15) is 65.3 Å². The van der Waals surface area contributed by atoms with Gasteiger partial charge in [0.15, 0.2) is 5.65 Å². The first kappa shape index (κ1) is 31.2. The number of rotatable bonds is 10. The fraction of sp³-hybridized carbons (Fsp3) is 0.586. The molecule has 0 aliphatic heterocycles. The van der Waals surface area contributed by atoms with Gasteiger partial charge in [0.25, 0.3) is 11.5 Å². The molecule has 0 bridgehead atoms. The van der Waals surface area contributed by atoms with Gasteiger partial charge < -0.3 is 10.2 Å². The molecular formula is C29H38F3N7O3S. The van der Waals surface area contributed by atoms with E-state index in [4.69, 9.17) is 0 Å². The molecule has 2 aliphatic carbocycles. The predicted octanol–water partition coefficient (Wildman–Crippen LogP) is 5.04. The first-order valence-electron chi connectivity index (χ1n) is 14.5. The monoisotopic (exact) mass is 621 g/mol. The lowest BCUT2D eigenvalue weighted by atomic mass is 9.91. The highest BCUT2D eigenvalue weighted by molar-refractivity contribution is 7.92. The van der Waals surface area contributed by atoms with Crippen molar-refractivity contribution in [3.05, 3.63) is 40.6 Å². The number of alkyl halides is 2. The van der Waals surface area contributed by atoms with Gasteiger partial charge in [-0.15, -0.1) is 0 Å². The normalized spacial score (nSPS) is 20.5. The number of nitrogens with zero attached hydrogens (tertiary/aromatic N) is 5. The summed E-state index contributed by atoms with van der Waals surface area (Å²) in [5.41, 5.74) is -1.78. The van der Waals surface area contributed by atoms with E-state index in [-0.39, 0.29) is 36.2 Å². The fourth-order valence-electron chi connectivity index (χ4n) is 5.83.